The molecular formula is C23H40FIN6O. The molecule has 0 bridgehead atoms. The molecule has 2 saturated heterocycles. The average Bonchev–Trinajstić information content (AvgIpc) is 2.80. The number of benzene rings is 1. The zero-order valence-corrected chi connectivity index (χ0v) is 22.3. The number of piperazine rings is 1. The molecule has 2 aliphatic heterocycles. The molecule has 0 atom stereocenters. The van der Waals surface area contributed by atoms with Gasteiger partial charge in [0.1, 0.15) is 5.82 Å². The van der Waals surface area contributed by atoms with Crippen molar-refractivity contribution in [2.75, 3.05) is 77.5 Å². The molecular weight excluding hydrogens is 522 g/mol. The highest BCUT2D eigenvalue weighted by atomic mass is 127. The third kappa shape index (κ3) is 7.43. The van der Waals surface area contributed by atoms with Gasteiger partial charge in [-0.1, -0.05) is 13.0 Å². The van der Waals surface area contributed by atoms with E-state index < -0.39 is 0 Å². The van der Waals surface area contributed by atoms with E-state index in [-0.39, 0.29) is 35.3 Å². The van der Waals surface area contributed by atoms with E-state index in [9.17, 15) is 4.39 Å². The summed E-state index contributed by atoms with van der Waals surface area (Å²) in [5.74, 6) is 0.571. The summed E-state index contributed by atoms with van der Waals surface area (Å²) in [5, 5.41) is 6.72. The van der Waals surface area contributed by atoms with Crippen LogP contribution in [0.15, 0.2) is 23.2 Å². The van der Waals surface area contributed by atoms with Crippen molar-refractivity contribution >= 4 is 35.6 Å². The molecule has 2 aliphatic rings. The Morgan fingerprint density at radius 3 is 2.38 bits per heavy atom. The molecule has 0 radical (unpaired) electrons. The molecule has 2 N–H and O–H groups in total. The Hall–Kier alpha value is -1.17. The zero-order chi connectivity index (χ0) is 22.3. The van der Waals surface area contributed by atoms with Crippen molar-refractivity contribution in [1.82, 2.24) is 20.4 Å². The first kappa shape index (κ1) is 27.1. The molecule has 9 heteroatoms. The average molecular weight is 563 g/mol. The van der Waals surface area contributed by atoms with Gasteiger partial charge in [-0.25, -0.2) is 4.39 Å². The van der Waals surface area contributed by atoms with Crippen LogP contribution in [0.5, 0.6) is 0 Å². The fourth-order valence-corrected chi connectivity index (χ4v) is 4.21. The second-order valence-electron chi connectivity index (χ2n) is 8.90. The number of ether oxygens (including phenoxy) is 1. The molecule has 0 aromatic heterocycles. The number of aliphatic imine (C=N–C) groups is 1. The number of morpholine rings is 1. The quantitative estimate of drug-likeness (QED) is 0.303. The summed E-state index contributed by atoms with van der Waals surface area (Å²) >= 11 is 0. The van der Waals surface area contributed by atoms with Gasteiger partial charge in [0.15, 0.2) is 5.96 Å². The van der Waals surface area contributed by atoms with Crippen molar-refractivity contribution < 1.29 is 9.13 Å². The molecule has 182 valence electrons. The van der Waals surface area contributed by atoms with Gasteiger partial charge < -0.3 is 25.2 Å². The van der Waals surface area contributed by atoms with Crippen LogP contribution < -0.4 is 15.5 Å². The summed E-state index contributed by atoms with van der Waals surface area (Å²) in [6, 6.07) is 5.55. The van der Waals surface area contributed by atoms with Gasteiger partial charge in [0.2, 0.25) is 0 Å². The lowest BCUT2D eigenvalue weighted by molar-refractivity contribution is -0.00834. The van der Waals surface area contributed by atoms with Gasteiger partial charge in [-0.2, -0.15) is 0 Å². The third-order valence-electron chi connectivity index (χ3n) is 6.41. The number of nitrogens with one attached hydrogen (secondary N) is 2. The standard InChI is InChI=1S/C23H39FN6O.HI/c1-5-28-8-10-29(11-9-28)21-7-6-19(16-20(21)24)17-26-22(25-4)27-18-23(2,3)30-12-14-31-15-13-30;/h6-7,16H,5,8-15,17-18H2,1-4H3,(H2,25,26,27);1H. The maximum Gasteiger partial charge on any atom is 0.191 e. The summed E-state index contributed by atoms with van der Waals surface area (Å²) in [6.45, 7) is 16.2. The molecule has 32 heavy (non-hydrogen) atoms. The Balaban J connectivity index is 0.00000363. The van der Waals surface area contributed by atoms with Gasteiger partial charge in [0.05, 0.1) is 18.9 Å². The largest absolute Gasteiger partial charge is 0.379 e. The van der Waals surface area contributed by atoms with Gasteiger partial charge in [0.25, 0.3) is 0 Å². The highest BCUT2D eigenvalue weighted by Crippen LogP contribution is 2.22. The Kier molecular flexibility index (Phi) is 10.9. The van der Waals surface area contributed by atoms with E-state index in [1.54, 1.807) is 13.1 Å². The topological polar surface area (TPSA) is 55.4 Å². The van der Waals surface area contributed by atoms with Crippen LogP contribution in [0, 0.1) is 5.82 Å². The molecule has 0 amide bonds. The number of hydrogen-bond acceptors (Lipinski definition) is 5. The van der Waals surface area contributed by atoms with E-state index >= 15 is 0 Å². The third-order valence-corrected chi connectivity index (χ3v) is 6.41. The van der Waals surface area contributed by atoms with Crippen LogP contribution in [0.25, 0.3) is 0 Å². The SMILES string of the molecule is CCN1CCN(c2ccc(CNC(=NC)NCC(C)(C)N3CCOCC3)cc2F)CC1.I. The molecule has 0 saturated carbocycles. The van der Waals surface area contributed by atoms with Crippen LogP contribution in [0.2, 0.25) is 0 Å². The molecule has 3 rings (SSSR count). The number of guanidine groups is 1. The van der Waals surface area contributed by atoms with E-state index in [2.05, 4.69) is 51.1 Å². The van der Waals surface area contributed by atoms with E-state index in [0.29, 0.717) is 12.2 Å². The minimum atomic E-state index is -0.152. The maximum atomic E-state index is 14.8. The monoisotopic (exact) mass is 562 g/mol. The van der Waals surface area contributed by atoms with Crippen molar-refractivity contribution in [2.24, 2.45) is 4.99 Å². The van der Waals surface area contributed by atoms with Crippen LogP contribution in [0.3, 0.4) is 0 Å². The van der Waals surface area contributed by atoms with Gasteiger partial charge >= 0.3 is 0 Å². The summed E-state index contributed by atoms with van der Waals surface area (Å²) in [5.41, 5.74) is 1.61. The van der Waals surface area contributed by atoms with E-state index in [1.165, 1.54) is 0 Å². The van der Waals surface area contributed by atoms with E-state index in [1.807, 2.05) is 12.1 Å². The molecule has 7 nitrogen and oxygen atoms in total. The minimum Gasteiger partial charge on any atom is -0.379 e. The maximum absolute atomic E-state index is 14.8. The zero-order valence-electron chi connectivity index (χ0n) is 20.0. The Labute approximate surface area is 209 Å². The molecule has 2 heterocycles. The second-order valence-corrected chi connectivity index (χ2v) is 8.90. The first-order valence-corrected chi connectivity index (χ1v) is 11.5. The summed E-state index contributed by atoms with van der Waals surface area (Å²) in [4.78, 5) is 11.3. The number of hydrogen-bond donors (Lipinski definition) is 2. The van der Waals surface area contributed by atoms with Crippen LogP contribution in [0.1, 0.15) is 26.3 Å². The Morgan fingerprint density at radius 1 is 1.09 bits per heavy atom. The molecule has 2 fully saturated rings. The fraction of sp³-hybridized carbons (Fsp3) is 0.696. The molecule has 0 aliphatic carbocycles. The second kappa shape index (κ2) is 12.9. The normalized spacial score (nSPS) is 18.9. The van der Waals surface area contributed by atoms with Crippen molar-refractivity contribution in [2.45, 2.75) is 32.9 Å². The number of nitrogens with zero attached hydrogens (tertiary/aromatic N) is 4. The predicted molar refractivity (Wildman–Crippen MR) is 141 cm³/mol. The van der Waals surface area contributed by atoms with Crippen LogP contribution in [-0.4, -0.2) is 93.9 Å². The predicted octanol–water partition coefficient (Wildman–Crippen LogP) is 2.36. The van der Waals surface area contributed by atoms with Crippen molar-refractivity contribution in [3.8, 4) is 0 Å². The number of anilines is 1. The highest BCUT2D eigenvalue weighted by Gasteiger charge is 2.28. The van der Waals surface area contributed by atoms with Gasteiger partial charge in [-0.15, -0.1) is 24.0 Å². The summed E-state index contributed by atoms with van der Waals surface area (Å²) in [7, 11) is 1.76. The van der Waals surface area contributed by atoms with Crippen LogP contribution >= 0.6 is 24.0 Å². The van der Waals surface area contributed by atoms with Crippen LogP contribution in [0.4, 0.5) is 10.1 Å². The first-order valence-electron chi connectivity index (χ1n) is 11.5. The lowest BCUT2D eigenvalue weighted by Gasteiger charge is -2.41. The van der Waals surface area contributed by atoms with Gasteiger partial charge in [0, 0.05) is 64.9 Å². The first-order chi connectivity index (χ1) is 14.9. The number of halogens is 2. The minimum absolute atomic E-state index is 0. The van der Waals surface area contributed by atoms with Crippen molar-refractivity contribution in [3.05, 3.63) is 29.6 Å². The molecule has 1 aromatic carbocycles. The summed E-state index contributed by atoms with van der Waals surface area (Å²) < 4.78 is 20.2. The van der Waals surface area contributed by atoms with Gasteiger partial charge in [-0.3, -0.25) is 9.89 Å². The Morgan fingerprint density at radius 2 is 1.78 bits per heavy atom. The van der Waals surface area contributed by atoms with E-state index in [4.69, 9.17) is 4.74 Å². The van der Waals surface area contributed by atoms with Crippen molar-refractivity contribution in [1.29, 1.82) is 0 Å². The van der Waals surface area contributed by atoms with Gasteiger partial charge in [-0.05, 0) is 38.1 Å². The van der Waals surface area contributed by atoms with Crippen molar-refractivity contribution in [3.63, 3.8) is 0 Å². The number of likely N-dealkylation sites (N-methyl/N-ethyl adjacent to an activating group) is 1. The van der Waals surface area contributed by atoms with Crippen LogP contribution in [-0.2, 0) is 11.3 Å². The highest BCUT2D eigenvalue weighted by molar-refractivity contribution is 14.0. The summed E-state index contributed by atoms with van der Waals surface area (Å²) in [6.07, 6.45) is 0. The molecule has 0 unspecified atom stereocenters. The van der Waals surface area contributed by atoms with E-state index in [0.717, 1.165) is 77.1 Å². The lowest BCUT2D eigenvalue weighted by Crippen LogP contribution is -2.56. The molecule has 0 spiro atoms. The lowest BCUT2D eigenvalue weighted by atomic mass is 10.0. The fourth-order valence-electron chi connectivity index (χ4n) is 4.21. The molecule has 1 aromatic rings. The number of rotatable bonds is 7. The smallest absolute Gasteiger partial charge is 0.191 e. The Bertz CT molecular complexity index is 733.